The van der Waals surface area contributed by atoms with Crippen molar-refractivity contribution in [1.82, 2.24) is 15.5 Å². The number of rotatable bonds is 12. The monoisotopic (exact) mass is 533 g/mol. The first-order chi connectivity index (χ1) is 17.6. The number of ether oxygens (including phenoxy) is 2. The lowest BCUT2D eigenvalue weighted by Gasteiger charge is -2.39. The molecule has 2 N–H and O–H groups in total. The van der Waals surface area contributed by atoms with Crippen molar-refractivity contribution in [2.75, 3.05) is 13.2 Å². The minimum absolute atomic E-state index is 0.0190. The molecule has 3 atom stereocenters. The lowest BCUT2D eigenvalue weighted by Crippen LogP contribution is -2.57. The maximum Gasteiger partial charge on any atom is 0.408 e. The molecule has 0 heterocycles. The Morgan fingerprint density at radius 1 is 1.03 bits per heavy atom. The quantitative estimate of drug-likeness (QED) is 0.380. The standard InChI is InChI=1S/C29H47N3O6/c1-11-21(7)32(27(35)24(18(3)4)31-28(36)38-29(8,9)10)25(22-17-19(5)13-14-20(22)6)26(34)30-16-15-23(33)37-12-2/h13-14,17-18,21,24-25H,11-12,15-16H2,1-10H3,(H,30,34)(H,31,36). The van der Waals surface area contributed by atoms with Gasteiger partial charge in [-0.05, 0) is 71.9 Å². The van der Waals surface area contributed by atoms with Gasteiger partial charge in [0.25, 0.3) is 0 Å². The largest absolute Gasteiger partial charge is 0.466 e. The second kappa shape index (κ2) is 14.7. The number of hydrogen-bond donors (Lipinski definition) is 2. The first kappa shape index (κ1) is 32.9. The zero-order chi connectivity index (χ0) is 29.2. The van der Waals surface area contributed by atoms with E-state index in [1.54, 1.807) is 32.6 Å². The van der Waals surface area contributed by atoms with Crippen molar-refractivity contribution in [2.45, 2.75) is 106 Å². The molecule has 0 aromatic heterocycles. The van der Waals surface area contributed by atoms with Crippen LogP contribution in [0.25, 0.3) is 0 Å². The Hall–Kier alpha value is -3.10. The van der Waals surface area contributed by atoms with Crippen molar-refractivity contribution in [3.8, 4) is 0 Å². The van der Waals surface area contributed by atoms with Crippen LogP contribution >= 0.6 is 0 Å². The van der Waals surface area contributed by atoms with E-state index < -0.39 is 35.7 Å². The van der Waals surface area contributed by atoms with Gasteiger partial charge in [0.1, 0.15) is 17.7 Å². The topological polar surface area (TPSA) is 114 Å². The van der Waals surface area contributed by atoms with Crippen LogP contribution in [0.4, 0.5) is 4.79 Å². The predicted octanol–water partition coefficient (Wildman–Crippen LogP) is 4.59. The zero-order valence-corrected chi connectivity index (χ0v) is 24.8. The molecular formula is C29H47N3O6. The molecule has 1 aromatic rings. The number of aryl methyl sites for hydroxylation is 2. The third-order valence-corrected chi connectivity index (χ3v) is 6.11. The summed E-state index contributed by atoms with van der Waals surface area (Å²) in [5, 5.41) is 5.56. The van der Waals surface area contributed by atoms with Gasteiger partial charge < -0.3 is 25.0 Å². The fraction of sp³-hybridized carbons (Fsp3) is 0.655. The summed E-state index contributed by atoms with van der Waals surface area (Å²) in [6.45, 7) is 18.6. The van der Waals surface area contributed by atoms with Crippen LogP contribution in [-0.4, -0.2) is 59.6 Å². The average Bonchev–Trinajstić information content (AvgIpc) is 2.80. The molecule has 0 saturated heterocycles. The minimum atomic E-state index is -0.971. The van der Waals surface area contributed by atoms with Crippen LogP contribution in [0.1, 0.15) is 91.0 Å². The fourth-order valence-electron chi connectivity index (χ4n) is 3.99. The van der Waals surface area contributed by atoms with E-state index in [1.807, 2.05) is 59.7 Å². The van der Waals surface area contributed by atoms with Crippen molar-refractivity contribution in [3.63, 3.8) is 0 Å². The van der Waals surface area contributed by atoms with E-state index in [4.69, 9.17) is 9.47 Å². The number of benzene rings is 1. The molecular weight excluding hydrogens is 486 g/mol. The summed E-state index contributed by atoms with van der Waals surface area (Å²) in [6.07, 6.45) is -0.0955. The van der Waals surface area contributed by atoms with Crippen molar-refractivity contribution in [1.29, 1.82) is 0 Å². The van der Waals surface area contributed by atoms with Gasteiger partial charge in [0.05, 0.1) is 13.0 Å². The van der Waals surface area contributed by atoms with E-state index in [1.165, 1.54) is 0 Å². The van der Waals surface area contributed by atoms with Crippen molar-refractivity contribution in [3.05, 3.63) is 34.9 Å². The van der Waals surface area contributed by atoms with E-state index in [2.05, 4.69) is 10.6 Å². The summed E-state index contributed by atoms with van der Waals surface area (Å²) in [4.78, 5) is 54.0. The Labute approximate surface area is 228 Å². The number of esters is 1. The number of nitrogens with zero attached hydrogens (tertiary/aromatic N) is 1. The van der Waals surface area contributed by atoms with Crippen LogP contribution in [0.2, 0.25) is 0 Å². The molecule has 0 aliphatic rings. The first-order valence-electron chi connectivity index (χ1n) is 13.4. The first-order valence-corrected chi connectivity index (χ1v) is 13.4. The maximum absolute atomic E-state index is 14.2. The van der Waals surface area contributed by atoms with Crippen LogP contribution in [-0.2, 0) is 23.9 Å². The second-order valence-electron chi connectivity index (χ2n) is 11.0. The van der Waals surface area contributed by atoms with Crippen LogP contribution in [0, 0.1) is 19.8 Å². The number of carbonyl (C=O) groups is 4. The number of carbonyl (C=O) groups excluding carboxylic acids is 4. The Morgan fingerprint density at radius 2 is 1.66 bits per heavy atom. The lowest BCUT2D eigenvalue weighted by molar-refractivity contribution is -0.146. The predicted molar refractivity (Wildman–Crippen MR) is 148 cm³/mol. The van der Waals surface area contributed by atoms with Gasteiger partial charge in [0.2, 0.25) is 11.8 Å². The van der Waals surface area contributed by atoms with Gasteiger partial charge in [0, 0.05) is 12.6 Å². The zero-order valence-electron chi connectivity index (χ0n) is 24.8. The Balaban J connectivity index is 3.51. The van der Waals surface area contributed by atoms with Crippen molar-refractivity contribution >= 4 is 23.9 Å². The number of alkyl carbamates (subject to hydrolysis) is 1. The Bertz CT molecular complexity index is 970. The summed E-state index contributed by atoms with van der Waals surface area (Å²) in [5.41, 5.74) is 1.75. The van der Waals surface area contributed by atoms with Crippen LogP contribution in [0.3, 0.4) is 0 Å². The molecule has 214 valence electrons. The van der Waals surface area contributed by atoms with Crippen LogP contribution < -0.4 is 10.6 Å². The summed E-state index contributed by atoms with van der Waals surface area (Å²) in [6, 6.07) is 3.55. The third kappa shape index (κ3) is 9.99. The Kier molecular flexibility index (Phi) is 12.8. The van der Waals surface area contributed by atoms with Gasteiger partial charge in [-0.2, -0.15) is 0 Å². The van der Waals surface area contributed by atoms with Gasteiger partial charge >= 0.3 is 12.1 Å². The molecule has 0 bridgehead atoms. The summed E-state index contributed by atoms with van der Waals surface area (Å²) >= 11 is 0. The smallest absolute Gasteiger partial charge is 0.408 e. The summed E-state index contributed by atoms with van der Waals surface area (Å²) in [7, 11) is 0. The van der Waals surface area contributed by atoms with Gasteiger partial charge in [0.15, 0.2) is 0 Å². The second-order valence-corrected chi connectivity index (χ2v) is 11.0. The number of hydrogen-bond acceptors (Lipinski definition) is 6. The Morgan fingerprint density at radius 3 is 2.18 bits per heavy atom. The molecule has 9 heteroatoms. The molecule has 1 aromatic carbocycles. The van der Waals surface area contributed by atoms with E-state index in [0.29, 0.717) is 12.0 Å². The highest BCUT2D eigenvalue weighted by Crippen LogP contribution is 2.30. The normalized spacial score (nSPS) is 13.8. The molecule has 0 spiro atoms. The van der Waals surface area contributed by atoms with E-state index in [9.17, 15) is 19.2 Å². The third-order valence-electron chi connectivity index (χ3n) is 6.11. The molecule has 3 unspecified atom stereocenters. The molecule has 0 radical (unpaired) electrons. The van der Waals surface area contributed by atoms with Crippen LogP contribution in [0.15, 0.2) is 18.2 Å². The van der Waals surface area contributed by atoms with Gasteiger partial charge in [-0.25, -0.2) is 4.79 Å². The molecule has 0 aliphatic carbocycles. The molecule has 3 amide bonds. The number of amides is 3. The van der Waals surface area contributed by atoms with Gasteiger partial charge in [-0.3, -0.25) is 14.4 Å². The SMILES string of the molecule is CCOC(=O)CCNC(=O)C(c1cc(C)ccc1C)N(C(=O)C(NC(=O)OC(C)(C)C)C(C)C)C(C)CC. The number of nitrogens with one attached hydrogen (secondary N) is 2. The molecule has 0 aliphatic heterocycles. The molecule has 38 heavy (non-hydrogen) atoms. The molecule has 1 rings (SSSR count). The highest BCUT2D eigenvalue weighted by molar-refractivity contribution is 5.93. The lowest BCUT2D eigenvalue weighted by atomic mass is 9.93. The summed E-state index contributed by atoms with van der Waals surface area (Å²) in [5.74, 6) is -1.47. The fourth-order valence-corrected chi connectivity index (χ4v) is 3.99. The van der Waals surface area contributed by atoms with Crippen molar-refractivity contribution in [2.24, 2.45) is 5.92 Å². The van der Waals surface area contributed by atoms with Gasteiger partial charge in [-0.1, -0.05) is 44.5 Å². The van der Waals surface area contributed by atoms with E-state index in [0.717, 1.165) is 11.1 Å². The van der Waals surface area contributed by atoms with Crippen LogP contribution in [0.5, 0.6) is 0 Å². The highest BCUT2D eigenvalue weighted by Gasteiger charge is 2.40. The van der Waals surface area contributed by atoms with E-state index >= 15 is 0 Å². The molecule has 0 saturated carbocycles. The van der Waals surface area contributed by atoms with Gasteiger partial charge in [-0.15, -0.1) is 0 Å². The van der Waals surface area contributed by atoms with Crippen molar-refractivity contribution < 1.29 is 28.7 Å². The maximum atomic E-state index is 14.2. The molecule has 0 fully saturated rings. The highest BCUT2D eigenvalue weighted by atomic mass is 16.6. The molecule has 9 nitrogen and oxygen atoms in total. The summed E-state index contributed by atoms with van der Waals surface area (Å²) < 4.78 is 10.4. The minimum Gasteiger partial charge on any atom is -0.466 e. The van der Waals surface area contributed by atoms with E-state index in [-0.39, 0.29) is 37.4 Å². The average molecular weight is 534 g/mol.